The second kappa shape index (κ2) is 8.11. The maximum atomic E-state index is 11.5. The number of halogens is 1. The van der Waals surface area contributed by atoms with Gasteiger partial charge in [-0.05, 0) is 30.7 Å². The minimum absolute atomic E-state index is 0.274. The van der Waals surface area contributed by atoms with Gasteiger partial charge in [-0.1, -0.05) is 15.9 Å². The van der Waals surface area contributed by atoms with Crippen molar-refractivity contribution in [2.75, 3.05) is 27.4 Å². The standard InChI is InChI=1S/C13H17BrO4/c1-16-8-7-10(13(15)17-2)9-18-12-5-3-11(14)4-6-12/h3-6,10H,7-9H2,1-2H3. The summed E-state index contributed by atoms with van der Waals surface area (Å²) in [7, 11) is 2.98. The third-order valence-corrected chi connectivity index (χ3v) is 3.00. The zero-order valence-electron chi connectivity index (χ0n) is 10.5. The molecular weight excluding hydrogens is 300 g/mol. The van der Waals surface area contributed by atoms with Gasteiger partial charge in [0.1, 0.15) is 12.4 Å². The molecule has 0 aliphatic carbocycles. The molecule has 0 amide bonds. The van der Waals surface area contributed by atoms with Gasteiger partial charge in [0.2, 0.25) is 0 Å². The van der Waals surface area contributed by atoms with Gasteiger partial charge in [-0.15, -0.1) is 0 Å². The monoisotopic (exact) mass is 316 g/mol. The number of hydrogen-bond donors (Lipinski definition) is 0. The average molecular weight is 317 g/mol. The third kappa shape index (κ3) is 5.06. The predicted molar refractivity (Wildman–Crippen MR) is 71.6 cm³/mol. The van der Waals surface area contributed by atoms with Gasteiger partial charge in [0.05, 0.1) is 13.0 Å². The van der Waals surface area contributed by atoms with E-state index in [4.69, 9.17) is 14.2 Å². The Hall–Kier alpha value is -1.07. The van der Waals surface area contributed by atoms with Crippen LogP contribution in [-0.4, -0.2) is 33.4 Å². The van der Waals surface area contributed by atoms with Crippen molar-refractivity contribution in [2.45, 2.75) is 6.42 Å². The molecule has 5 heteroatoms. The van der Waals surface area contributed by atoms with E-state index in [1.807, 2.05) is 24.3 Å². The van der Waals surface area contributed by atoms with Gasteiger partial charge in [0.25, 0.3) is 0 Å². The molecule has 1 aromatic carbocycles. The first kappa shape index (κ1) is 15.0. The zero-order valence-corrected chi connectivity index (χ0v) is 12.1. The van der Waals surface area contributed by atoms with E-state index in [-0.39, 0.29) is 18.5 Å². The highest BCUT2D eigenvalue weighted by atomic mass is 79.9. The van der Waals surface area contributed by atoms with E-state index in [2.05, 4.69) is 15.9 Å². The van der Waals surface area contributed by atoms with Crippen LogP contribution in [0.4, 0.5) is 0 Å². The van der Waals surface area contributed by atoms with Crippen LogP contribution in [0, 0.1) is 5.92 Å². The number of carbonyl (C=O) groups is 1. The molecule has 0 aromatic heterocycles. The van der Waals surface area contributed by atoms with Crippen LogP contribution in [0.25, 0.3) is 0 Å². The van der Waals surface area contributed by atoms with Crippen LogP contribution in [0.3, 0.4) is 0 Å². The number of ether oxygens (including phenoxy) is 3. The molecule has 1 unspecified atom stereocenters. The highest BCUT2D eigenvalue weighted by Gasteiger charge is 2.19. The van der Waals surface area contributed by atoms with E-state index in [1.54, 1.807) is 7.11 Å². The molecule has 4 nitrogen and oxygen atoms in total. The van der Waals surface area contributed by atoms with Crippen molar-refractivity contribution in [3.8, 4) is 5.75 Å². The number of rotatable bonds is 7. The Labute approximate surface area is 115 Å². The van der Waals surface area contributed by atoms with Crippen LogP contribution in [0.1, 0.15) is 6.42 Å². The van der Waals surface area contributed by atoms with Gasteiger partial charge in [-0.3, -0.25) is 4.79 Å². The second-order valence-electron chi connectivity index (χ2n) is 3.77. The molecule has 1 rings (SSSR count). The van der Waals surface area contributed by atoms with Crippen molar-refractivity contribution in [1.29, 1.82) is 0 Å². The van der Waals surface area contributed by atoms with Crippen molar-refractivity contribution < 1.29 is 19.0 Å². The summed E-state index contributed by atoms with van der Waals surface area (Å²) >= 11 is 3.35. The van der Waals surface area contributed by atoms with Crippen molar-refractivity contribution in [1.82, 2.24) is 0 Å². The molecule has 0 N–H and O–H groups in total. The van der Waals surface area contributed by atoms with Crippen LogP contribution < -0.4 is 4.74 Å². The van der Waals surface area contributed by atoms with Crippen LogP contribution in [-0.2, 0) is 14.3 Å². The Morgan fingerprint density at radius 1 is 1.28 bits per heavy atom. The molecule has 0 saturated carbocycles. The quantitative estimate of drug-likeness (QED) is 0.725. The smallest absolute Gasteiger partial charge is 0.312 e. The lowest BCUT2D eigenvalue weighted by Crippen LogP contribution is -2.24. The summed E-state index contributed by atoms with van der Waals surface area (Å²) in [6.07, 6.45) is 0.583. The predicted octanol–water partition coefficient (Wildman–Crippen LogP) is 2.65. The van der Waals surface area contributed by atoms with Gasteiger partial charge in [0.15, 0.2) is 0 Å². The normalized spacial score (nSPS) is 11.9. The lowest BCUT2D eigenvalue weighted by atomic mass is 10.1. The zero-order chi connectivity index (χ0) is 13.4. The van der Waals surface area contributed by atoms with Crippen LogP contribution in [0.5, 0.6) is 5.75 Å². The minimum atomic E-state index is -0.307. The van der Waals surface area contributed by atoms with Crippen LogP contribution >= 0.6 is 15.9 Å². The van der Waals surface area contributed by atoms with Crippen molar-refractivity contribution >= 4 is 21.9 Å². The van der Waals surface area contributed by atoms with Crippen molar-refractivity contribution in [3.63, 3.8) is 0 Å². The SMILES string of the molecule is COCCC(COc1ccc(Br)cc1)C(=O)OC. The van der Waals surface area contributed by atoms with Crippen molar-refractivity contribution in [2.24, 2.45) is 5.92 Å². The molecular formula is C13H17BrO4. The molecule has 0 saturated heterocycles. The summed E-state index contributed by atoms with van der Waals surface area (Å²) in [5, 5.41) is 0. The lowest BCUT2D eigenvalue weighted by molar-refractivity contribution is -0.147. The number of esters is 1. The van der Waals surface area contributed by atoms with Gasteiger partial charge in [-0.2, -0.15) is 0 Å². The Balaban J connectivity index is 2.50. The van der Waals surface area contributed by atoms with E-state index >= 15 is 0 Å². The topological polar surface area (TPSA) is 44.8 Å². The first-order chi connectivity index (χ1) is 8.67. The molecule has 0 fully saturated rings. The van der Waals surface area contributed by atoms with Crippen LogP contribution in [0.15, 0.2) is 28.7 Å². The summed E-state index contributed by atoms with van der Waals surface area (Å²) in [5.41, 5.74) is 0. The van der Waals surface area contributed by atoms with Crippen molar-refractivity contribution in [3.05, 3.63) is 28.7 Å². The number of hydrogen-bond acceptors (Lipinski definition) is 4. The Kier molecular flexibility index (Phi) is 6.75. The molecule has 0 aliphatic rings. The molecule has 1 atom stereocenters. The first-order valence-corrected chi connectivity index (χ1v) is 6.41. The van der Waals surface area contributed by atoms with E-state index in [9.17, 15) is 4.79 Å². The lowest BCUT2D eigenvalue weighted by Gasteiger charge is -2.15. The van der Waals surface area contributed by atoms with Gasteiger partial charge in [-0.25, -0.2) is 0 Å². The Bertz CT molecular complexity index is 364. The van der Waals surface area contributed by atoms with E-state index in [0.29, 0.717) is 13.0 Å². The van der Waals surface area contributed by atoms with E-state index in [0.717, 1.165) is 10.2 Å². The molecule has 0 radical (unpaired) electrons. The molecule has 0 bridgehead atoms. The maximum absolute atomic E-state index is 11.5. The number of methoxy groups -OCH3 is 2. The highest BCUT2D eigenvalue weighted by Crippen LogP contribution is 2.17. The highest BCUT2D eigenvalue weighted by molar-refractivity contribution is 9.10. The molecule has 0 aliphatic heterocycles. The summed E-state index contributed by atoms with van der Waals surface area (Å²) in [5.74, 6) is 0.146. The average Bonchev–Trinajstić information content (AvgIpc) is 2.40. The van der Waals surface area contributed by atoms with Gasteiger partial charge >= 0.3 is 5.97 Å². The maximum Gasteiger partial charge on any atom is 0.312 e. The molecule has 0 heterocycles. The molecule has 0 spiro atoms. The largest absolute Gasteiger partial charge is 0.493 e. The van der Waals surface area contributed by atoms with E-state index in [1.165, 1.54) is 7.11 Å². The fraction of sp³-hybridized carbons (Fsp3) is 0.462. The second-order valence-corrected chi connectivity index (χ2v) is 4.68. The van der Waals surface area contributed by atoms with Crippen LogP contribution in [0.2, 0.25) is 0 Å². The number of benzene rings is 1. The minimum Gasteiger partial charge on any atom is -0.493 e. The van der Waals surface area contributed by atoms with Gasteiger partial charge < -0.3 is 14.2 Å². The number of carbonyl (C=O) groups excluding carboxylic acids is 1. The Morgan fingerprint density at radius 2 is 1.94 bits per heavy atom. The first-order valence-electron chi connectivity index (χ1n) is 5.62. The van der Waals surface area contributed by atoms with E-state index < -0.39 is 0 Å². The molecule has 1 aromatic rings. The summed E-state index contributed by atoms with van der Waals surface area (Å²) < 4.78 is 16.3. The Morgan fingerprint density at radius 3 is 2.50 bits per heavy atom. The van der Waals surface area contributed by atoms with Gasteiger partial charge in [0, 0.05) is 18.2 Å². The summed E-state index contributed by atoms with van der Waals surface area (Å²) in [4.78, 5) is 11.5. The third-order valence-electron chi connectivity index (χ3n) is 2.47. The summed E-state index contributed by atoms with van der Waals surface area (Å²) in [6.45, 7) is 0.793. The molecule has 100 valence electrons. The molecule has 18 heavy (non-hydrogen) atoms. The summed E-state index contributed by atoms with van der Waals surface area (Å²) in [6, 6.07) is 7.46. The fourth-order valence-corrected chi connectivity index (χ4v) is 1.69. The fourth-order valence-electron chi connectivity index (χ4n) is 1.42.